The Hall–Kier alpha value is -1.07. The number of ether oxygens (including phenoxy) is 2. The molecular weight excluding hydrogens is 238 g/mol. The van der Waals surface area contributed by atoms with Gasteiger partial charge in [0.1, 0.15) is 4.88 Å². The van der Waals surface area contributed by atoms with Crippen LogP contribution >= 0.6 is 11.3 Å². The van der Waals surface area contributed by atoms with E-state index in [0.717, 1.165) is 17.7 Å². The van der Waals surface area contributed by atoms with E-state index in [2.05, 4.69) is 11.7 Å². The lowest BCUT2D eigenvalue weighted by atomic mass is 10.2. The smallest absolute Gasteiger partial charge is 0.352 e. The molecule has 96 valence electrons. The minimum absolute atomic E-state index is 0.0403. The number of carbonyl (C=O) groups excluding carboxylic acids is 1. The SMILES string of the molecule is CCCCCc1cc(N)c(C(=O)OCOC)s1. The van der Waals surface area contributed by atoms with Gasteiger partial charge in [-0.25, -0.2) is 4.79 Å². The lowest BCUT2D eigenvalue weighted by Crippen LogP contribution is -2.07. The molecule has 0 atom stereocenters. The second kappa shape index (κ2) is 7.29. The van der Waals surface area contributed by atoms with Crippen LogP contribution < -0.4 is 5.73 Å². The van der Waals surface area contributed by atoms with Gasteiger partial charge < -0.3 is 15.2 Å². The van der Waals surface area contributed by atoms with Gasteiger partial charge in [-0.2, -0.15) is 0 Å². The van der Waals surface area contributed by atoms with Crippen LogP contribution in [0.1, 0.15) is 40.7 Å². The molecule has 0 aliphatic carbocycles. The summed E-state index contributed by atoms with van der Waals surface area (Å²) < 4.78 is 9.55. The van der Waals surface area contributed by atoms with Crippen LogP contribution in [0.3, 0.4) is 0 Å². The lowest BCUT2D eigenvalue weighted by Gasteiger charge is -2.01. The lowest BCUT2D eigenvalue weighted by molar-refractivity contribution is -0.0119. The number of aryl methyl sites for hydroxylation is 1. The highest BCUT2D eigenvalue weighted by atomic mass is 32.1. The maximum absolute atomic E-state index is 11.6. The summed E-state index contributed by atoms with van der Waals surface area (Å²) in [5, 5.41) is 0. The second-order valence-electron chi connectivity index (χ2n) is 3.79. The largest absolute Gasteiger partial charge is 0.434 e. The third kappa shape index (κ3) is 4.36. The van der Waals surface area contributed by atoms with Crippen LogP contribution in [0.25, 0.3) is 0 Å². The molecule has 1 heterocycles. The van der Waals surface area contributed by atoms with Gasteiger partial charge >= 0.3 is 5.97 Å². The van der Waals surface area contributed by atoms with Crippen molar-refractivity contribution in [3.8, 4) is 0 Å². The summed E-state index contributed by atoms with van der Waals surface area (Å²) in [5.74, 6) is -0.406. The molecule has 0 saturated carbocycles. The molecule has 0 unspecified atom stereocenters. The number of unbranched alkanes of at least 4 members (excludes halogenated alkanes) is 2. The van der Waals surface area contributed by atoms with Gasteiger partial charge in [0.2, 0.25) is 0 Å². The molecule has 2 N–H and O–H groups in total. The van der Waals surface area contributed by atoms with E-state index >= 15 is 0 Å². The van der Waals surface area contributed by atoms with Crippen molar-refractivity contribution >= 4 is 23.0 Å². The predicted octanol–water partition coefficient (Wildman–Crippen LogP) is 2.82. The summed E-state index contributed by atoms with van der Waals surface area (Å²) in [6.07, 6.45) is 4.48. The van der Waals surface area contributed by atoms with Crippen molar-refractivity contribution < 1.29 is 14.3 Å². The minimum atomic E-state index is -0.406. The van der Waals surface area contributed by atoms with Crippen molar-refractivity contribution in [1.82, 2.24) is 0 Å². The summed E-state index contributed by atoms with van der Waals surface area (Å²) in [6, 6.07) is 1.86. The van der Waals surface area contributed by atoms with Gasteiger partial charge in [0.05, 0.1) is 5.69 Å². The Morgan fingerprint density at radius 1 is 1.47 bits per heavy atom. The zero-order chi connectivity index (χ0) is 12.7. The first-order chi connectivity index (χ1) is 8.19. The molecular formula is C12H19NO3S. The number of anilines is 1. The number of esters is 1. The molecule has 1 aromatic rings. The molecule has 5 heteroatoms. The van der Waals surface area contributed by atoms with E-state index in [1.165, 1.54) is 31.3 Å². The fourth-order valence-corrected chi connectivity index (χ4v) is 2.48. The number of nitrogens with two attached hydrogens (primary N) is 1. The first-order valence-corrected chi connectivity index (χ1v) is 6.55. The normalized spacial score (nSPS) is 10.5. The second-order valence-corrected chi connectivity index (χ2v) is 4.93. The van der Waals surface area contributed by atoms with Crippen molar-refractivity contribution in [1.29, 1.82) is 0 Å². The topological polar surface area (TPSA) is 61.6 Å². The first-order valence-electron chi connectivity index (χ1n) is 5.73. The van der Waals surface area contributed by atoms with Crippen molar-refractivity contribution in [3.63, 3.8) is 0 Å². The number of hydrogen-bond acceptors (Lipinski definition) is 5. The molecule has 4 nitrogen and oxygen atoms in total. The van der Waals surface area contributed by atoms with E-state index < -0.39 is 5.97 Å². The average molecular weight is 257 g/mol. The van der Waals surface area contributed by atoms with Crippen molar-refractivity contribution in [2.75, 3.05) is 19.6 Å². The van der Waals surface area contributed by atoms with Crippen LogP contribution in [0, 0.1) is 0 Å². The van der Waals surface area contributed by atoms with Crippen LogP contribution in [0.5, 0.6) is 0 Å². The molecule has 0 bridgehead atoms. The van der Waals surface area contributed by atoms with Gasteiger partial charge in [0.25, 0.3) is 0 Å². The van der Waals surface area contributed by atoms with Crippen molar-refractivity contribution in [2.45, 2.75) is 32.6 Å². The van der Waals surface area contributed by atoms with E-state index in [4.69, 9.17) is 10.5 Å². The monoisotopic (exact) mass is 257 g/mol. The summed E-state index contributed by atoms with van der Waals surface area (Å²) in [7, 11) is 1.47. The number of methoxy groups -OCH3 is 1. The van der Waals surface area contributed by atoms with Crippen LogP contribution in [-0.2, 0) is 15.9 Å². The van der Waals surface area contributed by atoms with Gasteiger partial charge in [-0.15, -0.1) is 11.3 Å². The third-order valence-corrected chi connectivity index (χ3v) is 3.52. The summed E-state index contributed by atoms with van der Waals surface area (Å²) in [6.45, 7) is 2.12. The Kier molecular flexibility index (Phi) is 6.00. The highest BCUT2D eigenvalue weighted by molar-refractivity contribution is 7.14. The Labute approximate surface area is 106 Å². The molecule has 0 saturated heterocycles. The Morgan fingerprint density at radius 3 is 2.88 bits per heavy atom. The first kappa shape index (κ1) is 14.0. The highest BCUT2D eigenvalue weighted by Gasteiger charge is 2.15. The van der Waals surface area contributed by atoms with Crippen LogP contribution in [0.4, 0.5) is 5.69 Å². The summed E-state index contributed by atoms with van der Waals surface area (Å²) in [4.78, 5) is 13.2. The molecule has 1 rings (SSSR count). The average Bonchev–Trinajstić information content (AvgIpc) is 2.68. The minimum Gasteiger partial charge on any atom is -0.434 e. The molecule has 0 spiro atoms. The Bertz CT molecular complexity index is 363. The van der Waals surface area contributed by atoms with Crippen molar-refractivity contribution in [2.24, 2.45) is 0 Å². The zero-order valence-electron chi connectivity index (χ0n) is 10.3. The summed E-state index contributed by atoms with van der Waals surface area (Å²) >= 11 is 1.41. The van der Waals surface area contributed by atoms with Gasteiger partial charge in [0, 0.05) is 12.0 Å². The molecule has 0 aromatic carbocycles. The fourth-order valence-electron chi connectivity index (χ4n) is 1.47. The number of nitrogen functional groups attached to an aromatic ring is 1. The molecule has 0 aliphatic heterocycles. The number of hydrogen-bond donors (Lipinski definition) is 1. The maximum Gasteiger partial charge on any atom is 0.352 e. The van der Waals surface area contributed by atoms with Crippen molar-refractivity contribution in [3.05, 3.63) is 15.8 Å². The molecule has 0 radical (unpaired) electrons. The van der Waals surface area contributed by atoms with Crippen LogP contribution in [0.2, 0.25) is 0 Å². The van der Waals surface area contributed by atoms with E-state index in [0.29, 0.717) is 10.6 Å². The number of thiophene rings is 1. The van der Waals surface area contributed by atoms with E-state index in [1.54, 1.807) is 0 Å². The van der Waals surface area contributed by atoms with E-state index in [-0.39, 0.29) is 6.79 Å². The van der Waals surface area contributed by atoms with Gasteiger partial charge in [0.15, 0.2) is 6.79 Å². The van der Waals surface area contributed by atoms with Gasteiger partial charge in [-0.1, -0.05) is 19.8 Å². The Morgan fingerprint density at radius 2 is 2.24 bits per heavy atom. The number of carbonyl (C=O) groups is 1. The molecule has 0 aliphatic rings. The standard InChI is InChI=1S/C12H19NO3S/c1-3-4-5-6-9-7-10(13)11(17-9)12(14)16-8-15-2/h7H,3-6,8,13H2,1-2H3. The Balaban J connectivity index is 2.58. The number of rotatable bonds is 7. The molecule has 17 heavy (non-hydrogen) atoms. The predicted molar refractivity (Wildman–Crippen MR) is 69.3 cm³/mol. The maximum atomic E-state index is 11.6. The zero-order valence-corrected chi connectivity index (χ0v) is 11.1. The quantitative estimate of drug-likeness (QED) is 0.463. The molecule has 1 aromatic heterocycles. The highest BCUT2D eigenvalue weighted by Crippen LogP contribution is 2.26. The van der Waals surface area contributed by atoms with Crippen LogP contribution in [0.15, 0.2) is 6.07 Å². The third-order valence-electron chi connectivity index (χ3n) is 2.33. The van der Waals surface area contributed by atoms with Gasteiger partial charge in [-0.05, 0) is 18.9 Å². The van der Waals surface area contributed by atoms with E-state index in [9.17, 15) is 4.79 Å². The van der Waals surface area contributed by atoms with Crippen LogP contribution in [-0.4, -0.2) is 19.9 Å². The van der Waals surface area contributed by atoms with E-state index in [1.807, 2.05) is 6.07 Å². The van der Waals surface area contributed by atoms with Gasteiger partial charge in [-0.3, -0.25) is 0 Å². The fraction of sp³-hybridized carbons (Fsp3) is 0.583. The molecule has 0 amide bonds. The molecule has 0 fully saturated rings. The summed E-state index contributed by atoms with van der Waals surface area (Å²) in [5.41, 5.74) is 6.29.